The first kappa shape index (κ1) is 19.3. The molecule has 7 heteroatoms. The number of aromatic nitrogens is 1. The molecule has 0 unspecified atom stereocenters. The molecule has 1 aromatic heterocycles. The fourth-order valence-corrected chi connectivity index (χ4v) is 4.52. The average molecular weight is 385 g/mol. The van der Waals surface area contributed by atoms with Crippen LogP contribution in [0.15, 0.2) is 47.5 Å². The van der Waals surface area contributed by atoms with Gasteiger partial charge in [-0.05, 0) is 35.2 Å². The minimum absolute atomic E-state index is 0.0109. The van der Waals surface area contributed by atoms with E-state index in [-0.39, 0.29) is 5.41 Å². The molecule has 1 aliphatic heterocycles. The summed E-state index contributed by atoms with van der Waals surface area (Å²) in [5.74, 6) is 0. The lowest BCUT2D eigenvalue weighted by atomic mass is 9.87. The first-order chi connectivity index (χ1) is 12.7. The van der Waals surface area contributed by atoms with Crippen molar-refractivity contribution in [3.63, 3.8) is 0 Å². The van der Waals surface area contributed by atoms with E-state index in [0.29, 0.717) is 36.8 Å². The van der Waals surface area contributed by atoms with Gasteiger partial charge in [-0.2, -0.15) is 9.57 Å². The number of nitrogens with zero attached hydrogens (tertiary/aromatic N) is 4. The highest BCUT2D eigenvalue weighted by Gasteiger charge is 2.29. The van der Waals surface area contributed by atoms with Gasteiger partial charge >= 0.3 is 0 Å². The molecule has 6 nitrogen and oxygen atoms in total. The molecule has 0 amide bonds. The number of nitriles is 1. The Morgan fingerprint density at radius 2 is 1.63 bits per heavy atom. The minimum Gasteiger partial charge on any atom is -0.368 e. The molecule has 2 heterocycles. The Hall–Kier alpha value is -2.43. The van der Waals surface area contributed by atoms with E-state index in [1.54, 1.807) is 24.4 Å². The summed E-state index contributed by atoms with van der Waals surface area (Å²) in [6.45, 7) is 8.34. The van der Waals surface area contributed by atoms with Crippen molar-refractivity contribution in [1.29, 1.82) is 5.26 Å². The van der Waals surface area contributed by atoms with Crippen LogP contribution in [0.2, 0.25) is 0 Å². The zero-order valence-corrected chi connectivity index (χ0v) is 16.7. The largest absolute Gasteiger partial charge is 0.368 e. The predicted octanol–water partition coefficient (Wildman–Crippen LogP) is 2.76. The summed E-state index contributed by atoms with van der Waals surface area (Å²) in [6, 6.07) is 12.7. The first-order valence-electron chi connectivity index (χ1n) is 8.93. The molecule has 142 valence electrons. The number of benzene rings is 1. The van der Waals surface area contributed by atoms with Crippen molar-refractivity contribution >= 4 is 15.7 Å². The lowest BCUT2D eigenvalue weighted by Gasteiger charge is -2.35. The molecule has 1 aliphatic rings. The highest BCUT2D eigenvalue weighted by Crippen LogP contribution is 2.25. The van der Waals surface area contributed by atoms with E-state index >= 15 is 0 Å². The van der Waals surface area contributed by atoms with E-state index in [9.17, 15) is 8.42 Å². The van der Waals surface area contributed by atoms with E-state index in [0.717, 1.165) is 11.3 Å². The number of piperazine rings is 1. The van der Waals surface area contributed by atoms with Gasteiger partial charge in [0.25, 0.3) is 0 Å². The van der Waals surface area contributed by atoms with Crippen LogP contribution >= 0.6 is 0 Å². The van der Waals surface area contributed by atoms with Crippen molar-refractivity contribution in [2.24, 2.45) is 0 Å². The van der Waals surface area contributed by atoms with Crippen molar-refractivity contribution in [3.05, 3.63) is 53.9 Å². The fraction of sp³-hybridized carbons (Fsp3) is 0.400. The SMILES string of the molecule is CC(C)(C)c1ccc(S(=O)(=O)N2CCN(c3ccc(C#N)nc3)CC2)cc1. The maximum atomic E-state index is 12.9. The Labute approximate surface area is 161 Å². The molecule has 1 aromatic carbocycles. The molecule has 1 fully saturated rings. The lowest BCUT2D eigenvalue weighted by Crippen LogP contribution is -2.48. The van der Waals surface area contributed by atoms with Gasteiger partial charge in [0.05, 0.1) is 16.8 Å². The van der Waals surface area contributed by atoms with E-state index in [1.165, 1.54) is 4.31 Å². The van der Waals surface area contributed by atoms with Crippen LogP contribution in [-0.4, -0.2) is 43.9 Å². The maximum Gasteiger partial charge on any atom is 0.243 e. The lowest BCUT2D eigenvalue weighted by molar-refractivity contribution is 0.385. The Morgan fingerprint density at radius 1 is 1.00 bits per heavy atom. The van der Waals surface area contributed by atoms with Gasteiger partial charge in [0.15, 0.2) is 0 Å². The normalized spacial score (nSPS) is 16.1. The van der Waals surface area contributed by atoms with Gasteiger partial charge < -0.3 is 4.90 Å². The summed E-state index contributed by atoms with van der Waals surface area (Å²) < 4.78 is 27.4. The third-order valence-electron chi connectivity index (χ3n) is 4.82. The van der Waals surface area contributed by atoms with Crippen molar-refractivity contribution in [2.45, 2.75) is 31.1 Å². The Bertz CT molecular complexity index is 931. The predicted molar refractivity (Wildman–Crippen MR) is 105 cm³/mol. The van der Waals surface area contributed by atoms with Crippen LogP contribution in [-0.2, 0) is 15.4 Å². The van der Waals surface area contributed by atoms with Gasteiger partial charge in [-0.1, -0.05) is 32.9 Å². The van der Waals surface area contributed by atoms with E-state index in [2.05, 4.69) is 30.7 Å². The van der Waals surface area contributed by atoms with Gasteiger partial charge in [0.1, 0.15) is 11.8 Å². The summed E-state index contributed by atoms with van der Waals surface area (Å²) in [5, 5.41) is 8.83. The van der Waals surface area contributed by atoms with Crippen LogP contribution in [0.3, 0.4) is 0 Å². The van der Waals surface area contributed by atoms with Crippen LogP contribution in [0.25, 0.3) is 0 Å². The summed E-state index contributed by atoms with van der Waals surface area (Å²) >= 11 is 0. The molecule has 0 atom stereocenters. The number of anilines is 1. The van der Waals surface area contributed by atoms with Crippen molar-refractivity contribution in [3.8, 4) is 6.07 Å². The van der Waals surface area contributed by atoms with Crippen LogP contribution in [0.1, 0.15) is 32.0 Å². The van der Waals surface area contributed by atoms with Gasteiger partial charge in [0, 0.05) is 26.2 Å². The second-order valence-corrected chi connectivity index (χ2v) is 9.62. The number of pyridine rings is 1. The maximum absolute atomic E-state index is 12.9. The molecule has 27 heavy (non-hydrogen) atoms. The number of rotatable bonds is 3. The van der Waals surface area contributed by atoms with Crippen molar-refractivity contribution in [2.75, 3.05) is 31.1 Å². The topological polar surface area (TPSA) is 77.3 Å². The third-order valence-corrected chi connectivity index (χ3v) is 6.74. The minimum atomic E-state index is -3.49. The van der Waals surface area contributed by atoms with Crippen LogP contribution < -0.4 is 4.90 Å². The number of hydrogen-bond acceptors (Lipinski definition) is 5. The standard InChI is InChI=1S/C20H24N4O2S/c1-20(2,3)16-4-8-19(9-5-16)27(25,26)24-12-10-23(11-13-24)18-7-6-17(14-21)22-15-18/h4-9,15H,10-13H2,1-3H3. The Kier molecular flexibility index (Phi) is 5.22. The Balaban J connectivity index is 1.70. The highest BCUT2D eigenvalue weighted by molar-refractivity contribution is 7.89. The first-order valence-corrected chi connectivity index (χ1v) is 10.4. The molecule has 0 spiro atoms. The number of hydrogen-bond donors (Lipinski definition) is 0. The second kappa shape index (κ2) is 7.29. The molecule has 0 N–H and O–H groups in total. The fourth-order valence-electron chi connectivity index (χ4n) is 3.10. The molecule has 0 aliphatic carbocycles. The summed E-state index contributed by atoms with van der Waals surface area (Å²) in [6.07, 6.45) is 1.66. The van der Waals surface area contributed by atoms with Crippen LogP contribution in [0, 0.1) is 11.3 Å². The van der Waals surface area contributed by atoms with Gasteiger partial charge in [0.2, 0.25) is 10.0 Å². The Morgan fingerprint density at radius 3 is 2.11 bits per heavy atom. The highest BCUT2D eigenvalue weighted by atomic mass is 32.2. The average Bonchev–Trinajstić information content (AvgIpc) is 2.67. The quantitative estimate of drug-likeness (QED) is 0.813. The molecule has 0 saturated carbocycles. The molecular weight excluding hydrogens is 360 g/mol. The summed E-state index contributed by atoms with van der Waals surface area (Å²) in [5.41, 5.74) is 2.38. The van der Waals surface area contributed by atoms with E-state index in [4.69, 9.17) is 5.26 Å². The van der Waals surface area contributed by atoms with Crippen molar-refractivity contribution < 1.29 is 8.42 Å². The molecule has 1 saturated heterocycles. The third kappa shape index (κ3) is 4.12. The zero-order chi connectivity index (χ0) is 19.7. The monoisotopic (exact) mass is 384 g/mol. The summed E-state index contributed by atoms with van der Waals surface area (Å²) in [7, 11) is -3.49. The van der Waals surface area contributed by atoms with Gasteiger partial charge in [-0.15, -0.1) is 0 Å². The van der Waals surface area contributed by atoms with E-state index < -0.39 is 10.0 Å². The summed E-state index contributed by atoms with van der Waals surface area (Å²) in [4.78, 5) is 6.50. The number of sulfonamides is 1. The molecular formula is C20H24N4O2S. The zero-order valence-electron chi connectivity index (χ0n) is 15.9. The second-order valence-electron chi connectivity index (χ2n) is 7.68. The van der Waals surface area contributed by atoms with Gasteiger partial charge in [-0.3, -0.25) is 0 Å². The molecule has 0 bridgehead atoms. The molecule has 2 aromatic rings. The van der Waals surface area contributed by atoms with Gasteiger partial charge in [-0.25, -0.2) is 13.4 Å². The molecule has 3 rings (SSSR count). The van der Waals surface area contributed by atoms with Crippen LogP contribution in [0.5, 0.6) is 0 Å². The van der Waals surface area contributed by atoms with Crippen molar-refractivity contribution in [1.82, 2.24) is 9.29 Å². The smallest absolute Gasteiger partial charge is 0.243 e. The van der Waals surface area contributed by atoms with Crippen LogP contribution in [0.4, 0.5) is 5.69 Å². The van der Waals surface area contributed by atoms with E-state index in [1.807, 2.05) is 24.3 Å². The molecule has 0 radical (unpaired) electrons.